The summed E-state index contributed by atoms with van der Waals surface area (Å²) in [5, 5.41) is 7.17. The van der Waals surface area contributed by atoms with Crippen molar-refractivity contribution >= 4 is 41.1 Å². The highest BCUT2D eigenvalue weighted by Gasteiger charge is 2.33. The summed E-state index contributed by atoms with van der Waals surface area (Å²) >= 11 is 17.2. The lowest BCUT2D eigenvalue weighted by atomic mass is 10.3. The maximum Gasteiger partial charge on any atom is 0.235 e. The molecule has 0 bridgehead atoms. The Bertz CT molecular complexity index is 594. The molecule has 94 valence electrons. The molecular formula is C10H5Cl3FN3O. The highest BCUT2D eigenvalue weighted by molar-refractivity contribution is 6.66. The van der Waals surface area contributed by atoms with Gasteiger partial charge in [-0.3, -0.25) is 4.79 Å². The smallest absolute Gasteiger partial charge is 0.235 e. The predicted octanol–water partition coefficient (Wildman–Crippen LogP) is 3.05. The van der Waals surface area contributed by atoms with E-state index in [9.17, 15) is 9.18 Å². The summed E-state index contributed by atoms with van der Waals surface area (Å²) in [7, 11) is 0. The number of hydrogen-bond donors (Lipinski definition) is 0. The standard InChI is InChI=1S/C10H5Cl3FN3O/c11-10(12,13)9-7(5-18)15-16-17(9)8-4-2-1-3-6(8)14/h1-5H. The van der Waals surface area contributed by atoms with Crippen LogP contribution in [0.25, 0.3) is 5.69 Å². The lowest BCUT2D eigenvalue weighted by Crippen LogP contribution is -2.13. The first kappa shape index (κ1) is 13.3. The normalized spacial score (nSPS) is 11.6. The van der Waals surface area contributed by atoms with E-state index in [0.29, 0.717) is 6.29 Å². The second kappa shape index (κ2) is 4.84. The molecule has 0 atom stereocenters. The molecule has 0 unspecified atom stereocenters. The Morgan fingerprint density at radius 3 is 2.50 bits per heavy atom. The number of carbonyl (C=O) groups is 1. The highest BCUT2D eigenvalue weighted by Crippen LogP contribution is 2.40. The topological polar surface area (TPSA) is 47.8 Å². The van der Waals surface area contributed by atoms with Gasteiger partial charge in [-0.05, 0) is 12.1 Å². The molecule has 0 aliphatic carbocycles. The summed E-state index contributed by atoms with van der Waals surface area (Å²) in [6.45, 7) is 0. The van der Waals surface area contributed by atoms with Crippen LogP contribution in [0.5, 0.6) is 0 Å². The minimum atomic E-state index is -1.94. The van der Waals surface area contributed by atoms with Crippen LogP contribution >= 0.6 is 34.8 Å². The van der Waals surface area contributed by atoms with Crippen LogP contribution in [-0.2, 0) is 3.79 Å². The van der Waals surface area contributed by atoms with E-state index in [2.05, 4.69) is 10.3 Å². The van der Waals surface area contributed by atoms with Crippen LogP contribution in [-0.4, -0.2) is 21.3 Å². The number of rotatable bonds is 2. The fraction of sp³-hybridized carbons (Fsp3) is 0.100. The van der Waals surface area contributed by atoms with Crippen molar-refractivity contribution in [1.29, 1.82) is 0 Å². The van der Waals surface area contributed by atoms with E-state index in [1.165, 1.54) is 18.2 Å². The van der Waals surface area contributed by atoms with Gasteiger partial charge in [-0.25, -0.2) is 9.07 Å². The molecule has 0 amide bonds. The van der Waals surface area contributed by atoms with Crippen LogP contribution in [0.3, 0.4) is 0 Å². The molecule has 4 nitrogen and oxygen atoms in total. The van der Waals surface area contributed by atoms with Gasteiger partial charge in [0.15, 0.2) is 12.0 Å². The molecule has 0 radical (unpaired) electrons. The first-order valence-electron chi connectivity index (χ1n) is 4.68. The molecule has 0 saturated carbocycles. The molecule has 18 heavy (non-hydrogen) atoms. The molecular weight excluding hydrogens is 303 g/mol. The lowest BCUT2D eigenvalue weighted by Gasteiger charge is -2.13. The molecule has 0 aliphatic heterocycles. The summed E-state index contributed by atoms with van der Waals surface area (Å²) in [6.07, 6.45) is 0.390. The van der Waals surface area contributed by atoms with Crippen molar-refractivity contribution in [2.75, 3.05) is 0 Å². The van der Waals surface area contributed by atoms with E-state index in [1.807, 2.05) is 0 Å². The predicted molar refractivity (Wildman–Crippen MR) is 65.9 cm³/mol. The number of aromatic nitrogens is 3. The van der Waals surface area contributed by atoms with Crippen LogP contribution in [0.15, 0.2) is 24.3 Å². The Balaban J connectivity index is 2.70. The summed E-state index contributed by atoms with van der Waals surface area (Å²) in [5.41, 5.74) is -0.217. The van der Waals surface area contributed by atoms with Gasteiger partial charge >= 0.3 is 0 Å². The van der Waals surface area contributed by atoms with Crippen LogP contribution in [0.2, 0.25) is 0 Å². The molecule has 0 aliphatic rings. The van der Waals surface area contributed by atoms with Crippen LogP contribution in [0.1, 0.15) is 16.2 Å². The van der Waals surface area contributed by atoms with Crippen LogP contribution in [0, 0.1) is 5.82 Å². The van der Waals surface area contributed by atoms with Crippen molar-refractivity contribution in [2.45, 2.75) is 3.79 Å². The van der Waals surface area contributed by atoms with E-state index in [4.69, 9.17) is 34.8 Å². The van der Waals surface area contributed by atoms with Gasteiger partial charge in [0.2, 0.25) is 3.79 Å². The maximum absolute atomic E-state index is 13.7. The van der Waals surface area contributed by atoms with Gasteiger partial charge in [-0.15, -0.1) is 5.10 Å². The fourth-order valence-corrected chi connectivity index (χ4v) is 1.96. The van der Waals surface area contributed by atoms with Crippen molar-refractivity contribution < 1.29 is 9.18 Å². The summed E-state index contributed by atoms with van der Waals surface area (Å²) in [5.74, 6) is -0.574. The molecule has 0 spiro atoms. The molecule has 1 heterocycles. The summed E-state index contributed by atoms with van der Waals surface area (Å²) < 4.78 is 12.7. The number of aldehydes is 1. The Labute approximate surface area is 116 Å². The van der Waals surface area contributed by atoms with Crippen LogP contribution in [0.4, 0.5) is 4.39 Å². The zero-order chi connectivity index (χ0) is 13.3. The Morgan fingerprint density at radius 1 is 1.28 bits per heavy atom. The van der Waals surface area contributed by atoms with Gasteiger partial charge in [0.05, 0.1) is 0 Å². The number of para-hydroxylation sites is 1. The van der Waals surface area contributed by atoms with E-state index in [-0.39, 0.29) is 17.1 Å². The van der Waals surface area contributed by atoms with Gasteiger partial charge in [-0.2, -0.15) is 0 Å². The largest absolute Gasteiger partial charge is 0.296 e. The third-order valence-corrected chi connectivity index (χ3v) is 2.69. The molecule has 1 aromatic carbocycles. The fourth-order valence-electron chi connectivity index (χ4n) is 1.43. The SMILES string of the molecule is O=Cc1nnn(-c2ccccc2F)c1C(Cl)(Cl)Cl. The first-order chi connectivity index (χ1) is 8.45. The van der Waals surface area contributed by atoms with Crippen molar-refractivity contribution in [2.24, 2.45) is 0 Å². The highest BCUT2D eigenvalue weighted by atomic mass is 35.6. The van der Waals surface area contributed by atoms with Crippen molar-refractivity contribution in [3.05, 3.63) is 41.5 Å². The number of carbonyl (C=O) groups excluding carboxylic acids is 1. The minimum Gasteiger partial charge on any atom is -0.296 e. The second-order valence-electron chi connectivity index (χ2n) is 3.30. The van der Waals surface area contributed by atoms with E-state index >= 15 is 0 Å². The van der Waals surface area contributed by atoms with E-state index in [0.717, 1.165) is 4.68 Å². The van der Waals surface area contributed by atoms with Crippen molar-refractivity contribution in [1.82, 2.24) is 15.0 Å². The molecule has 2 rings (SSSR count). The van der Waals surface area contributed by atoms with Crippen LogP contribution < -0.4 is 0 Å². The number of halogens is 4. The number of nitrogens with zero attached hydrogens (tertiary/aromatic N) is 3. The maximum atomic E-state index is 13.7. The molecule has 0 N–H and O–H groups in total. The third-order valence-electron chi connectivity index (χ3n) is 2.16. The van der Waals surface area contributed by atoms with E-state index < -0.39 is 9.61 Å². The lowest BCUT2D eigenvalue weighted by molar-refractivity contribution is 0.111. The monoisotopic (exact) mass is 307 g/mol. The average molecular weight is 309 g/mol. The summed E-state index contributed by atoms with van der Waals surface area (Å²) in [6, 6.07) is 5.74. The molecule has 0 fully saturated rings. The van der Waals surface area contributed by atoms with Gasteiger partial charge in [0.1, 0.15) is 17.2 Å². The van der Waals surface area contributed by atoms with Gasteiger partial charge in [-0.1, -0.05) is 52.1 Å². The first-order valence-corrected chi connectivity index (χ1v) is 5.81. The Morgan fingerprint density at radius 2 is 1.94 bits per heavy atom. The molecule has 2 aromatic rings. The van der Waals surface area contributed by atoms with Crippen molar-refractivity contribution in [3.63, 3.8) is 0 Å². The van der Waals surface area contributed by atoms with Gasteiger partial charge in [0, 0.05) is 0 Å². The Hall–Kier alpha value is -1.17. The quantitative estimate of drug-likeness (QED) is 0.633. The van der Waals surface area contributed by atoms with Gasteiger partial charge in [0.25, 0.3) is 0 Å². The zero-order valence-electron chi connectivity index (χ0n) is 8.65. The summed E-state index contributed by atoms with van der Waals surface area (Å²) in [4.78, 5) is 10.8. The van der Waals surface area contributed by atoms with Crippen molar-refractivity contribution in [3.8, 4) is 5.69 Å². The third kappa shape index (κ3) is 2.34. The minimum absolute atomic E-state index is 0.0411. The van der Waals surface area contributed by atoms with Gasteiger partial charge < -0.3 is 0 Å². The Kier molecular flexibility index (Phi) is 3.56. The van der Waals surface area contributed by atoms with E-state index in [1.54, 1.807) is 6.07 Å². The molecule has 8 heteroatoms. The number of benzene rings is 1. The molecule has 0 saturated heterocycles. The zero-order valence-corrected chi connectivity index (χ0v) is 10.9. The number of hydrogen-bond acceptors (Lipinski definition) is 3. The number of alkyl halides is 3. The average Bonchev–Trinajstić information content (AvgIpc) is 2.73. The molecule has 1 aromatic heterocycles. The second-order valence-corrected chi connectivity index (χ2v) is 5.58.